The van der Waals surface area contributed by atoms with Crippen LogP contribution in [0.15, 0.2) is 23.0 Å². The number of pyridine rings is 1. The third kappa shape index (κ3) is 4.70. The van der Waals surface area contributed by atoms with Gasteiger partial charge in [-0.3, -0.25) is 4.79 Å². The number of nitrogens with one attached hydrogen (secondary N) is 2. The smallest absolute Gasteiger partial charge is 0.253 e. The van der Waals surface area contributed by atoms with Crippen LogP contribution in [-0.2, 0) is 6.54 Å². The number of aromatic nitrogens is 1. The second-order valence-electron chi connectivity index (χ2n) is 7.82. The second-order valence-corrected chi connectivity index (χ2v) is 8.21. The first-order chi connectivity index (χ1) is 13.0. The number of benzene rings is 1. The normalized spacial score (nSPS) is 14.6. The highest BCUT2D eigenvalue weighted by atomic mass is 32.1. The summed E-state index contributed by atoms with van der Waals surface area (Å²) in [4.78, 5) is 18.1. The zero-order valence-corrected chi connectivity index (χ0v) is 17.5. The van der Waals surface area contributed by atoms with E-state index >= 15 is 0 Å². The Labute approximate surface area is 167 Å². The van der Waals surface area contributed by atoms with Crippen molar-refractivity contribution in [3.63, 3.8) is 0 Å². The zero-order valence-electron chi connectivity index (χ0n) is 16.7. The minimum absolute atomic E-state index is 0.00573. The van der Waals surface area contributed by atoms with Crippen LogP contribution in [0.3, 0.4) is 0 Å². The van der Waals surface area contributed by atoms with Gasteiger partial charge in [0.1, 0.15) is 0 Å². The molecule has 0 atom stereocenters. The van der Waals surface area contributed by atoms with Crippen molar-refractivity contribution in [1.29, 1.82) is 0 Å². The van der Waals surface area contributed by atoms with Crippen LogP contribution in [0.2, 0.25) is 0 Å². The lowest BCUT2D eigenvalue weighted by Crippen LogP contribution is -2.45. The molecule has 27 heavy (non-hydrogen) atoms. The van der Waals surface area contributed by atoms with E-state index in [4.69, 9.17) is 12.2 Å². The highest BCUT2D eigenvalue weighted by molar-refractivity contribution is 7.80. The van der Waals surface area contributed by atoms with E-state index in [9.17, 15) is 4.79 Å². The van der Waals surface area contributed by atoms with Crippen molar-refractivity contribution in [2.75, 3.05) is 6.54 Å². The number of H-pyrrole nitrogens is 1. The Hall–Kier alpha value is -1.88. The average Bonchev–Trinajstić information content (AvgIpc) is 3.15. The Kier molecular flexibility index (Phi) is 6.53. The van der Waals surface area contributed by atoms with E-state index in [1.54, 1.807) is 0 Å². The van der Waals surface area contributed by atoms with E-state index in [0.717, 1.165) is 59.4 Å². The summed E-state index contributed by atoms with van der Waals surface area (Å²) in [6.45, 7) is 7.78. The fourth-order valence-corrected chi connectivity index (χ4v) is 4.41. The summed E-state index contributed by atoms with van der Waals surface area (Å²) in [7, 11) is 0. The molecule has 1 heterocycles. The molecule has 1 aromatic carbocycles. The predicted octanol–water partition coefficient (Wildman–Crippen LogP) is 4.56. The Balaban J connectivity index is 1.89. The molecule has 1 saturated carbocycles. The lowest BCUT2D eigenvalue weighted by Gasteiger charge is -2.31. The minimum Gasteiger partial charge on any atom is -0.363 e. The predicted molar refractivity (Wildman–Crippen MR) is 117 cm³/mol. The van der Waals surface area contributed by atoms with Crippen LogP contribution in [0, 0.1) is 13.8 Å². The van der Waals surface area contributed by atoms with Crippen LogP contribution in [0.4, 0.5) is 0 Å². The van der Waals surface area contributed by atoms with Gasteiger partial charge in [-0.15, -0.1) is 0 Å². The molecular weight excluding hydrogens is 354 g/mol. The topological polar surface area (TPSA) is 48.1 Å². The van der Waals surface area contributed by atoms with Crippen molar-refractivity contribution in [1.82, 2.24) is 15.2 Å². The summed E-state index contributed by atoms with van der Waals surface area (Å²) in [5.41, 5.74) is 4.04. The number of unbranched alkanes of at least 4 members (excludes halogenated alkanes) is 1. The van der Waals surface area contributed by atoms with Gasteiger partial charge in [-0.1, -0.05) is 37.8 Å². The van der Waals surface area contributed by atoms with Crippen LogP contribution < -0.4 is 10.9 Å². The van der Waals surface area contributed by atoms with Gasteiger partial charge in [-0.05, 0) is 68.4 Å². The van der Waals surface area contributed by atoms with Crippen molar-refractivity contribution in [2.45, 2.75) is 71.9 Å². The third-order valence-electron chi connectivity index (χ3n) is 5.54. The van der Waals surface area contributed by atoms with Crippen LogP contribution in [0.5, 0.6) is 0 Å². The lowest BCUT2D eigenvalue weighted by molar-refractivity contribution is 0.302. The molecule has 146 valence electrons. The van der Waals surface area contributed by atoms with Gasteiger partial charge in [0.05, 0.1) is 12.1 Å². The van der Waals surface area contributed by atoms with Gasteiger partial charge in [0.25, 0.3) is 5.56 Å². The fourth-order valence-electron chi connectivity index (χ4n) is 4.09. The van der Waals surface area contributed by atoms with Gasteiger partial charge in [-0.25, -0.2) is 0 Å². The molecule has 1 aliphatic carbocycles. The first kappa shape index (κ1) is 19.9. The lowest BCUT2D eigenvalue weighted by atomic mass is 10.0. The maximum absolute atomic E-state index is 12.8. The molecule has 0 bridgehead atoms. The quantitative estimate of drug-likeness (QED) is 0.565. The van der Waals surface area contributed by atoms with Crippen molar-refractivity contribution in [2.24, 2.45) is 0 Å². The highest BCUT2D eigenvalue weighted by Crippen LogP contribution is 2.25. The van der Waals surface area contributed by atoms with Gasteiger partial charge >= 0.3 is 0 Å². The van der Waals surface area contributed by atoms with Gasteiger partial charge in [-0.2, -0.15) is 0 Å². The fraction of sp³-hybridized carbons (Fsp3) is 0.545. The van der Waals surface area contributed by atoms with E-state index in [0.29, 0.717) is 12.6 Å². The molecule has 0 aliphatic heterocycles. The monoisotopic (exact) mass is 385 g/mol. The second kappa shape index (κ2) is 8.87. The number of aryl methyl sites for hydroxylation is 2. The summed E-state index contributed by atoms with van der Waals surface area (Å²) in [5, 5.41) is 5.28. The SMILES string of the molecule is CCCCNC(=S)N(Cc1cc2cc(C)cc(C)c2[nH]c1=O)C1CCCC1. The molecule has 0 spiro atoms. The van der Waals surface area contributed by atoms with Gasteiger partial charge in [0.15, 0.2) is 5.11 Å². The average molecular weight is 386 g/mol. The number of fused-ring (bicyclic) bond motifs is 1. The molecule has 0 saturated heterocycles. The number of thiocarbonyl (C=S) groups is 1. The highest BCUT2D eigenvalue weighted by Gasteiger charge is 2.25. The molecule has 0 amide bonds. The molecule has 3 rings (SSSR count). The number of nitrogens with zero attached hydrogens (tertiary/aromatic N) is 1. The van der Waals surface area contributed by atoms with Crippen molar-refractivity contribution < 1.29 is 0 Å². The summed E-state index contributed by atoms with van der Waals surface area (Å²) >= 11 is 5.71. The minimum atomic E-state index is -0.00573. The van der Waals surface area contributed by atoms with Gasteiger partial charge in [0.2, 0.25) is 0 Å². The summed E-state index contributed by atoms with van der Waals surface area (Å²) in [6, 6.07) is 6.72. The van der Waals surface area contributed by atoms with Crippen LogP contribution in [0.25, 0.3) is 10.9 Å². The maximum Gasteiger partial charge on any atom is 0.253 e. The van der Waals surface area contributed by atoms with Crippen LogP contribution >= 0.6 is 12.2 Å². The molecule has 1 aromatic heterocycles. The van der Waals surface area contributed by atoms with Crippen LogP contribution in [-0.4, -0.2) is 27.6 Å². The molecule has 0 unspecified atom stereocenters. The zero-order chi connectivity index (χ0) is 19.4. The van der Waals surface area contributed by atoms with E-state index in [1.807, 2.05) is 13.0 Å². The van der Waals surface area contributed by atoms with Crippen LogP contribution in [0.1, 0.15) is 62.1 Å². The van der Waals surface area contributed by atoms with Gasteiger partial charge < -0.3 is 15.2 Å². The Bertz CT molecular complexity index is 868. The van der Waals surface area contributed by atoms with Gasteiger partial charge in [0, 0.05) is 18.2 Å². The first-order valence-corrected chi connectivity index (χ1v) is 10.6. The Morgan fingerprint density at radius 3 is 2.70 bits per heavy atom. The third-order valence-corrected chi connectivity index (χ3v) is 5.92. The summed E-state index contributed by atoms with van der Waals surface area (Å²) in [5.74, 6) is 0. The van der Waals surface area contributed by atoms with E-state index in [2.05, 4.69) is 41.2 Å². The molecular formula is C22H31N3OS. The molecule has 2 N–H and O–H groups in total. The van der Waals surface area contributed by atoms with Crippen molar-refractivity contribution in [3.8, 4) is 0 Å². The molecule has 0 radical (unpaired) electrons. The molecule has 4 nitrogen and oxygen atoms in total. The standard InChI is InChI=1S/C22H31N3OS/c1-4-5-10-23-22(27)25(19-8-6-7-9-19)14-18-13-17-12-15(2)11-16(3)20(17)24-21(18)26/h11-13,19H,4-10,14H2,1-3H3,(H,23,27)(H,24,26). The van der Waals surface area contributed by atoms with E-state index < -0.39 is 0 Å². The molecule has 2 aromatic rings. The summed E-state index contributed by atoms with van der Waals surface area (Å²) < 4.78 is 0. The first-order valence-electron chi connectivity index (χ1n) is 10.2. The molecule has 1 aliphatic rings. The van der Waals surface area contributed by atoms with E-state index in [-0.39, 0.29) is 5.56 Å². The Morgan fingerprint density at radius 1 is 1.26 bits per heavy atom. The van der Waals surface area contributed by atoms with E-state index in [1.165, 1.54) is 18.4 Å². The van der Waals surface area contributed by atoms with Crippen molar-refractivity contribution in [3.05, 3.63) is 45.2 Å². The largest absolute Gasteiger partial charge is 0.363 e. The molecule has 5 heteroatoms. The number of hydrogen-bond acceptors (Lipinski definition) is 2. The number of rotatable bonds is 6. The maximum atomic E-state index is 12.8. The molecule has 1 fully saturated rings. The number of aromatic amines is 1. The van der Waals surface area contributed by atoms with Crippen molar-refractivity contribution >= 4 is 28.2 Å². The Morgan fingerprint density at radius 2 is 2.00 bits per heavy atom. The number of hydrogen-bond donors (Lipinski definition) is 2. The summed E-state index contributed by atoms with van der Waals surface area (Å²) in [6.07, 6.45) is 7.03.